The van der Waals surface area contributed by atoms with Crippen molar-refractivity contribution < 1.29 is 18.8 Å². The van der Waals surface area contributed by atoms with Crippen LogP contribution in [-0.2, 0) is 16.0 Å². The van der Waals surface area contributed by atoms with Crippen molar-refractivity contribution in [3.05, 3.63) is 33.3 Å². The molecule has 0 bridgehead atoms. The molecule has 2 aromatic rings. The van der Waals surface area contributed by atoms with Gasteiger partial charge in [0.1, 0.15) is 10.6 Å². The van der Waals surface area contributed by atoms with E-state index in [0.717, 1.165) is 11.3 Å². The molecule has 0 aliphatic rings. The number of rotatable bonds is 4. The monoisotopic (exact) mass is 294 g/mol. The number of aromatic nitrogens is 1. The number of hydrogen-bond acceptors (Lipinski definition) is 6. The maximum atomic E-state index is 12.0. The Morgan fingerprint density at radius 3 is 2.80 bits per heavy atom. The molecule has 7 heteroatoms. The lowest BCUT2D eigenvalue weighted by molar-refractivity contribution is -0.115. The Morgan fingerprint density at radius 2 is 2.20 bits per heavy atom. The summed E-state index contributed by atoms with van der Waals surface area (Å²) in [6.07, 6.45) is 0.0662. The summed E-state index contributed by atoms with van der Waals surface area (Å²) in [7, 11) is 1.31. The summed E-state index contributed by atoms with van der Waals surface area (Å²) in [6.45, 7) is 3.60. The lowest BCUT2D eigenvalue weighted by Crippen LogP contribution is -2.16. The quantitative estimate of drug-likeness (QED) is 0.875. The van der Waals surface area contributed by atoms with Crippen LogP contribution in [0.4, 0.5) is 5.69 Å². The van der Waals surface area contributed by atoms with Gasteiger partial charge in [-0.25, -0.2) is 4.79 Å². The zero-order chi connectivity index (χ0) is 14.7. The summed E-state index contributed by atoms with van der Waals surface area (Å²) < 4.78 is 9.67. The lowest BCUT2D eigenvalue weighted by Gasteiger charge is -2.06. The summed E-state index contributed by atoms with van der Waals surface area (Å²) in [6, 6.07) is 1.70. The molecule has 0 aliphatic carbocycles. The highest BCUT2D eigenvalue weighted by Crippen LogP contribution is 2.28. The highest BCUT2D eigenvalue weighted by molar-refractivity contribution is 7.12. The average Bonchev–Trinajstić information content (AvgIpc) is 2.96. The zero-order valence-corrected chi connectivity index (χ0v) is 12.2. The predicted molar refractivity (Wildman–Crippen MR) is 74.0 cm³/mol. The van der Waals surface area contributed by atoms with Gasteiger partial charge in [-0.15, -0.1) is 11.3 Å². The van der Waals surface area contributed by atoms with Crippen molar-refractivity contribution in [3.63, 3.8) is 0 Å². The zero-order valence-electron chi connectivity index (χ0n) is 11.4. The number of hydrogen-bond donors (Lipinski definition) is 1. The van der Waals surface area contributed by atoms with E-state index in [9.17, 15) is 9.59 Å². The van der Waals surface area contributed by atoms with Gasteiger partial charge in [0.15, 0.2) is 0 Å². The first-order valence-electron chi connectivity index (χ1n) is 5.89. The van der Waals surface area contributed by atoms with E-state index in [1.165, 1.54) is 18.4 Å². The minimum Gasteiger partial charge on any atom is -0.465 e. The molecular formula is C13H14N2O4S. The highest BCUT2D eigenvalue weighted by Gasteiger charge is 2.19. The summed E-state index contributed by atoms with van der Waals surface area (Å²) in [4.78, 5) is 23.9. The van der Waals surface area contributed by atoms with Gasteiger partial charge in [0.05, 0.1) is 24.9 Å². The molecule has 6 nitrogen and oxygen atoms in total. The average molecular weight is 294 g/mol. The van der Waals surface area contributed by atoms with Crippen molar-refractivity contribution in [2.75, 3.05) is 12.4 Å². The van der Waals surface area contributed by atoms with Crippen LogP contribution in [0.1, 0.15) is 26.7 Å². The second kappa shape index (κ2) is 5.87. The smallest absolute Gasteiger partial charge is 0.350 e. The number of thiophene rings is 1. The molecule has 1 amide bonds. The molecule has 2 aromatic heterocycles. The molecule has 0 unspecified atom stereocenters. The van der Waals surface area contributed by atoms with Gasteiger partial charge < -0.3 is 14.6 Å². The fraction of sp³-hybridized carbons (Fsp3) is 0.308. The van der Waals surface area contributed by atoms with Gasteiger partial charge >= 0.3 is 5.97 Å². The SMILES string of the molecule is COC(=O)c1scc(C)c1NC(=O)Cc1cc(C)no1. The Morgan fingerprint density at radius 1 is 1.45 bits per heavy atom. The van der Waals surface area contributed by atoms with Crippen molar-refractivity contribution in [3.8, 4) is 0 Å². The first-order chi connectivity index (χ1) is 9.51. The minimum atomic E-state index is -0.464. The Labute approximate surface area is 119 Å². The standard InChI is InChI=1S/C13H14N2O4S/c1-7-6-20-12(13(17)18-3)11(7)14-10(16)5-9-4-8(2)15-19-9/h4,6H,5H2,1-3H3,(H,14,16). The number of ether oxygens (including phenoxy) is 1. The molecular weight excluding hydrogens is 280 g/mol. The molecule has 0 saturated carbocycles. The van der Waals surface area contributed by atoms with Gasteiger partial charge in [-0.3, -0.25) is 4.79 Å². The van der Waals surface area contributed by atoms with Gasteiger partial charge in [-0.1, -0.05) is 5.16 Å². The minimum absolute atomic E-state index is 0.0662. The molecule has 0 radical (unpaired) electrons. The molecule has 0 aliphatic heterocycles. The fourth-order valence-electron chi connectivity index (χ4n) is 1.68. The van der Waals surface area contributed by atoms with Crippen LogP contribution < -0.4 is 5.32 Å². The van der Waals surface area contributed by atoms with Gasteiger partial charge in [0.25, 0.3) is 0 Å². The first-order valence-corrected chi connectivity index (χ1v) is 6.77. The van der Waals surface area contributed by atoms with Crippen LogP contribution in [-0.4, -0.2) is 24.1 Å². The van der Waals surface area contributed by atoms with Crippen LogP contribution in [0.3, 0.4) is 0 Å². The Balaban J connectivity index is 2.11. The number of nitrogens with one attached hydrogen (secondary N) is 1. The van der Waals surface area contributed by atoms with E-state index in [2.05, 4.69) is 15.2 Å². The summed E-state index contributed by atoms with van der Waals surface area (Å²) in [5.74, 6) is -0.255. The van der Waals surface area contributed by atoms with E-state index in [0.29, 0.717) is 16.3 Å². The van der Waals surface area contributed by atoms with Crippen LogP contribution >= 0.6 is 11.3 Å². The third kappa shape index (κ3) is 3.05. The molecule has 0 saturated heterocycles. The molecule has 0 fully saturated rings. The van der Waals surface area contributed by atoms with E-state index in [-0.39, 0.29) is 12.3 Å². The normalized spacial score (nSPS) is 10.3. The van der Waals surface area contributed by atoms with Crippen LogP contribution in [0.25, 0.3) is 0 Å². The van der Waals surface area contributed by atoms with Crippen LogP contribution in [0.5, 0.6) is 0 Å². The van der Waals surface area contributed by atoms with E-state index < -0.39 is 5.97 Å². The number of aryl methyl sites for hydroxylation is 2. The second-order valence-corrected chi connectivity index (χ2v) is 5.15. The third-order valence-corrected chi connectivity index (χ3v) is 3.70. The van der Waals surface area contributed by atoms with E-state index in [4.69, 9.17) is 4.52 Å². The molecule has 0 aromatic carbocycles. The number of carbonyl (C=O) groups excluding carboxylic acids is 2. The van der Waals surface area contributed by atoms with E-state index in [1.807, 2.05) is 6.92 Å². The first kappa shape index (κ1) is 14.3. The molecule has 2 rings (SSSR count). The predicted octanol–water partition coefficient (Wildman–Crippen LogP) is 2.32. The number of nitrogens with zero attached hydrogens (tertiary/aromatic N) is 1. The lowest BCUT2D eigenvalue weighted by atomic mass is 10.2. The van der Waals surface area contributed by atoms with Gasteiger partial charge in [0.2, 0.25) is 5.91 Å². The molecule has 20 heavy (non-hydrogen) atoms. The van der Waals surface area contributed by atoms with Crippen LogP contribution in [0.15, 0.2) is 16.0 Å². The number of amides is 1. The molecule has 2 heterocycles. The van der Waals surface area contributed by atoms with Crippen molar-refractivity contribution in [2.24, 2.45) is 0 Å². The summed E-state index contributed by atoms with van der Waals surface area (Å²) >= 11 is 1.24. The van der Waals surface area contributed by atoms with Gasteiger partial charge in [-0.2, -0.15) is 0 Å². The maximum absolute atomic E-state index is 12.0. The van der Waals surface area contributed by atoms with E-state index in [1.54, 1.807) is 18.4 Å². The summed E-state index contributed by atoms with van der Waals surface area (Å²) in [5, 5.41) is 8.22. The third-order valence-electron chi connectivity index (χ3n) is 2.62. The Kier molecular flexibility index (Phi) is 4.19. The molecule has 1 N–H and O–H groups in total. The molecule has 0 atom stereocenters. The second-order valence-electron chi connectivity index (χ2n) is 4.27. The summed E-state index contributed by atoms with van der Waals surface area (Å²) in [5.41, 5.74) is 2.02. The largest absolute Gasteiger partial charge is 0.465 e. The van der Waals surface area contributed by atoms with Crippen molar-refractivity contribution in [1.29, 1.82) is 0 Å². The number of methoxy groups -OCH3 is 1. The van der Waals surface area contributed by atoms with Crippen molar-refractivity contribution >= 4 is 28.9 Å². The topological polar surface area (TPSA) is 81.4 Å². The van der Waals surface area contributed by atoms with Crippen molar-refractivity contribution in [2.45, 2.75) is 20.3 Å². The number of anilines is 1. The fourth-order valence-corrected chi connectivity index (χ4v) is 2.61. The van der Waals surface area contributed by atoms with Gasteiger partial charge in [0, 0.05) is 6.07 Å². The Bertz CT molecular complexity index is 645. The van der Waals surface area contributed by atoms with Crippen LogP contribution in [0.2, 0.25) is 0 Å². The van der Waals surface area contributed by atoms with Crippen molar-refractivity contribution in [1.82, 2.24) is 5.16 Å². The Hall–Kier alpha value is -2.15. The maximum Gasteiger partial charge on any atom is 0.350 e. The van der Waals surface area contributed by atoms with E-state index >= 15 is 0 Å². The number of esters is 1. The number of carbonyl (C=O) groups is 2. The molecule has 0 spiro atoms. The van der Waals surface area contributed by atoms with Crippen LogP contribution in [0, 0.1) is 13.8 Å². The molecule has 106 valence electrons. The highest BCUT2D eigenvalue weighted by atomic mass is 32.1. The van der Waals surface area contributed by atoms with Gasteiger partial charge in [-0.05, 0) is 24.8 Å².